The number of likely N-dealkylation sites (N-methyl/N-ethyl adjacent to an activating group) is 1. The van der Waals surface area contributed by atoms with Crippen LogP contribution in [0.3, 0.4) is 0 Å². The van der Waals surface area contributed by atoms with Gasteiger partial charge in [0, 0.05) is 32.7 Å². The van der Waals surface area contributed by atoms with Crippen LogP contribution in [0.4, 0.5) is 0 Å². The fraction of sp³-hybridized carbons (Fsp3) is 0.348. The molecule has 1 aliphatic heterocycles. The molecule has 31 heavy (non-hydrogen) atoms. The molecule has 2 N–H and O–H groups in total. The summed E-state index contributed by atoms with van der Waals surface area (Å²) in [5, 5.41) is 3.42. The van der Waals surface area contributed by atoms with Gasteiger partial charge in [-0.1, -0.05) is 42.5 Å². The van der Waals surface area contributed by atoms with E-state index in [0.717, 1.165) is 36.3 Å². The third kappa shape index (κ3) is 4.92. The Morgan fingerprint density at radius 2 is 1.68 bits per heavy atom. The minimum absolute atomic E-state index is 0.229. The van der Waals surface area contributed by atoms with Crippen LogP contribution < -0.4 is 16.6 Å². The lowest BCUT2D eigenvalue weighted by atomic mass is 10.1. The summed E-state index contributed by atoms with van der Waals surface area (Å²) in [5.41, 5.74) is 0.403. The van der Waals surface area contributed by atoms with Gasteiger partial charge in [0.15, 0.2) is 0 Å². The van der Waals surface area contributed by atoms with E-state index >= 15 is 0 Å². The molecule has 1 fully saturated rings. The monoisotopic (exact) mass is 421 g/mol. The van der Waals surface area contributed by atoms with E-state index < -0.39 is 11.2 Å². The zero-order valence-corrected chi connectivity index (χ0v) is 17.6. The number of hydrogen-bond acceptors (Lipinski definition) is 5. The number of aromatic amines is 1. The Morgan fingerprint density at radius 3 is 2.42 bits per heavy atom. The summed E-state index contributed by atoms with van der Waals surface area (Å²) in [7, 11) is 2.10. The number of carbonyl (C=O) groups excluding carboxylic acids is 1. The summed E-state index contributed by atoms with van der Waals surface area (Å²) >= 11 is 0. The van der Waals surface area contributed by atoms with Crippen LogP contribution in [0.1, 0.15) is 11.6 Å². The molecule has 8 heteroatoms. The Kier molecular flexibility index (Phi) is 6.29. The normalized spacial score (nSPS) is 16.3. The number of fused-ring (bicyclic) bond motifs is 1. The number of amides is 1. The minimum atomic E-state index is -0.589. The van der Waals surface area contributed by atoms with E-state index in [0.29, 0.717) is 17.4 Å². The van der Waals surface area contributed by atoms with Gasteiger partial charge < -0.3 is 15.2 Å². The molecule has 2 aromatic carbocycles. The molecule has 3 aromatic rings. The quantitative estimate of drug-likeness (QED) is 0.614. The van der Waals surface area contributed by atoms with Gasteiger partial charge in [0.05, 0.1) is 16.9 Å². The Bertz CT molecular complexity index is 1160. The number of aromatic nitrogens is 2. The Hall–Kier alpha value is -3.23. The van der Waals surface area contributed by atoms with Gasteiger partial charge in [0.1, 0.15) is 6.54 Å². The maximum absolute atomic E-state index is 12.9. The van der Waals surface area contributed by atoms with Crippen molar-refractivity contribution >= 4 is 16.8 Å². The maximum Gasteiger partial charge on any atom is 0.329 e. The van der Waals surface area contributed by atoms with Crippen LogP contribution in [0.2, 0.25) is 0 Å². The summed E-state index contributed by atoms with van der Waals surface area (Å²) < 4.78 is 0.954. The standard InChI is InChI=1S/C23H27N5O3/c1-26-11-13-27(14-12-26)15-20(17-7-3-2-4-8-17)24-21(29)16-28-22(30)18-9-5-6-10-19(18)25-23(28)31/h2-10,20H,11-16H2,1H3,(H,24,29)(H,25,31). The van der Waals surface area contributed by atoms with Gasteiger partial charge in [-0.15, -0.1) is 0 Å². The average molecular weight is 422 g/mol. The van der Waals surface area contributed by atoms with E-state index in [4.69, 9.17) is 0 Å². The highest BCUT2D eigenvalue weighted by Crippen LogP contribution is 2.15. The van der Waals surface area contributed by atoms with Gasteiger partial charge in [-0.25, -0.2) is 4.79 Å². The largest absolute Gasteiger partial charge is 0.346 e. The summed E-state index contributed by atoms with van der Waals surface area (Å²) in [6.07, 6.45) is 0. The lowest BCUT2D eigenvalue weighted by Crippen LogP contribution is -2.48. The number of nitrogens with zero attached hydrogens (tertiary/aromatic N) is 3. The van der Waals surface area contributed by atoms with Crippen molar-refractivity contribution in [3.63, 3.8) is 0 Å². The van der Waals surface area contributed by atoms with Gasteiger partial charge in [-0.05, 0) is 24.7 Å². The summed E-state index contributed by atoms with van der Waals surface area (Å²) in [6.45, 7) is 4.17. The zero-order valence-electron chi connectivity index (χ0n) is 17.6. The fourth-order valence-electron chi connectivity index (χ4n) is 3.93. The van der Waals surface area contributed by atoms with Crippen LogP contribution in [0.5, 0.6) is 0 Å². The molecule has 0 aliphatic carbocycles. The van der Waals surface area contributed by atoms with E-state index in [1.165, 1.54) is 0 Å². The van der Waals surface area contributed by atoms with Crippen LogP contribution in [0.15, 0.2) is 64.2 Å². The minimum Gasteiger partial charge on any atom is -0.346 e. The molecule has 0 spiro atoms. The molecule has 0 bridgehead atoms. The number of rotatable bonds is 6. The first kappa shape index (κ1) is 21.0. The van der Waals surface area contributed by atoms with Gasteiger partial charge >= 0.3 is 5.69 Å². The van der Waals surface area contributed by atoms with Gasteiger partial charge in [-0.2, -0.15) is 0 Å². The average Bonchev–Trinajstić information content (AvgIpc) is 2.78. The predicted molar refractivity (Wildman–Crippen MR) is 120 cm³/mol. The third-order valence-electron chi connectivity index (χ3n) is 5.76. The molecule has 1 aromatic heterocycles. The number of carbonyl (C=O) groups is 1. The summed E-state index contributed by atoms with van der Waals surface area (Å²) in [5.74, 6) is -0.370. The van der Waals surface area contributed by atoms with Crippen molar-refractivity contribution in [3.8, 4) is 0 Å². The summed E-state index contributed by atoms with van der Waals surface area (Å²) in [4.78, 5) is 45.3. The molecule has 1 saturated heterocycles. The lowest BCUT2D eigenvalue weighted by Gasteiger charge is -2.35. The highest BCUT2D eigenvalue weighted by atomic mass is 16.2. The molecule has 1 amide bonds. The molecule has 162 valence electrons. The Labute approximate surface area is 180 Å². The van der Waals surface area contributed by atoms with Gasteiger partial charge in [0.2, 0.25) is 5.91 Å². The zero-order chi connectivity index (χ0) is 21.8. The highest BCUT2D eigenvalue weighted by Gasteiger charge is 2.22. The molecule has 2 heterocycles. The Morgan fingerprint density at radius 1 is 1.00 bits per heavy atom. The first-order valence-corrected chi connectivity index (χ1v) is 10.5. The van der Waals surface area contributed by atoms with E-state index in [1.54, 1.807) is 24.3 Å². The molecule has 0 saturated carbocycles. The van der Waals surface area contributed by atoms with Crippen molar-refractivity contribution in [1.29, 1.82) is 0 Å². The van der Waals surface area contributed by atoms with Crippen LogP contribution in [-0.2, 0) is 11.3 Å². The molecule has 1 aliphatic rings. The van der Waals surface area contributed by atoms with Crippen LogP contribution in [-0.4, -0.2) is 65.0 Å². The predicted octanol–water partition coefficient (Wildman–Crippen LogP) is 0.795. The maximum atomic E-state index is 12.9. The molecular formula is C23H27N5O3. The number of benzene rings is 2. The van der Waals surface area contributed by atoms with Crippen LogP contribution in [0, 0.1) is 0 Å². The first-order chi connectivity index (χ1) is 15.0. The molecule has 4 rings (SSSR count). The second-order valence-electron chi connectivity index (χ2n) is 8.00. The fourth-order valence-corrected chi connectivity index (χ4v) is 3.93. The van der Waals surface area contributed by atoms with Crippen LogP contribution >= 0.6 is 0 Å². The molecule has 1 unspecified atom stereocenters. The van der Waals surface area contributed by atoms with Crippen molar-refractivity contribution in [2.24, 2.45) is 0 Å². The van der Waals surface area contributed by atoms with Crippen molar-refractivity contribution in [3.05, 3.63) is 81.0 Å². The Balaban J connectivity index is 1.53. The number of hydrogen-bond donors (Lipinski definition) is 2. The smallest absolute Gasteiger partial charge is 0.329 e. The number of H-pyrrole nitrogens is 1. The second kappa shape index (κ2) is 9.28. The SMILES string of the molecule is CN1CCN(CC(NC(=O)Cn2c(=O)[nH]c3ccccc3c2=O)c2ccccc2)CC1. The topological polar surface area (TPSA) is 90.4 Å². The molecule has 0 radical (unpaired) electrons. The van der Waals surface area contributed by atoms with E-state index in [-0.39, 0.29) is 18.5 Å². The van der Waals surface area contributed by atoms with E-state index in [9.17, 15) is 14.4 Å². The first-order valence-electron chi connectivity index (χ1n) is 10.5. The van der Waals surface area contributed by atoms with E-state index in [2.05, 4.69) is 27.1 Å². The number of nitrogens with one attached hydrogen (secondary N) is 2. The highest BCUT2D eigenvalue weighted by molar-refractivity contribution is 5.79. The van der Waals surface area contributed by atoms with Crippen molar-refractivity contribution in [1.82, 2.24) is 24.7 Å². The number of piperazine rings is 1. The lowest BCUT2D eigenvalue weighted by molar-refractivity contribution is -0.122. The van der Waals surface area contributed by atoms with Crippen molar-refractivity contribution in [2.45, 2.75) is 12.6 Å². The van der Waals surface area contributed by atoms with E-state index in [1.807, 2.05) is 30.3 Å². The van der Waals surface area contributed by atoms with Gasteiger partial charge in [0.25, 0.3) is 5.56 Å². The molecule has 8 nitrogen and oxygen atoms in total. The number of para-hydroxylation sites is 1. The molecular weight excluding hydrogens is 394 g/mol. The third-order valence-corrected chi connectivity index (χ3v) is 5.76. The van der Waals surface area contributed by atoms with Crippen molar-refractivity contribution < 1.29 is 4.79 Å². The van der Waals surface area contributed by atoms with Crippen LogP contribution in [0.25, 0.3) is 10.9 Å². The van der Waals surface area contributed by atoms with Gasteiger partial charge in [-0.3, -0.25) is 19.1 Å². The second-order valence-corrected chi connectivity index (χ2v) is 8.00. The molecule has 1 atom stereocenters. The van der Waals surface area contributed by atoms with Crippen molar-refractivity contribution in [2.75, 3.05) is 39.8 Å². The summed E-state index contributed by atoms with van der Waals surface area (Å²) in [6, 6.07) is 16.3.